The van der Waals surface area contributed by atoms with Gasteiger partial charge >= 0.3 is 0 Å². The van der Waals surface area contributed by atoms with E-state index in [4.69, 9.17) is 9.47 Å². The molecule has 4 rings (SSSR count). The number of ether oxygens (including phenoxy) is 2. The van der Waals surface area contributed by atoms with E-state index in [9.17, 15) is 4.79 Å². The molecule has 1 amide bonds. The molecule has 3 aromatic rings. The minimum atomic E-state index is -0.183. The third-order valence-electron chi connectivity index (χ3n) is 4.59. The van der Waals surface area contributed by atoms with E-state index in [2.05, 4.69) is 15.4 Å². The molecule has 1 aliphatic rings. The summed E-state index contributed by atoms with van der Waals surface area (Å²) >= 11 is 0. The van der Waals surface area contributed by atoms with Crippen molar-refractivity contribution in [3.8, 4) is 11.5 Å². The first-order valence-electron chi connectivity index (χ1n) is 8.45. The van der Waals surface area contributed by atoms with Gasteiger partial charge in [-0.2, -0.15) is 5.10 Å². The molecule has 0 saturated carbocycles. The lowest BCUT2D eigenvalue weighted by atomic mass is 10.1. The molecule has 1 aliphatic heterocycles. The molecule has 134 valence electrons. The lowest BCUT2D eigenvalue weighted by molar-refractivity contribution is 0.0941. The summed E-state index contributed by atoms with van der Waals surface area (Å²) in [5.41, 5.74) is 3.82. The molecule has 0 radical (unpaired) electrons. The van der Waals surface area contributed by atoms with Crippen LogP contribution < -0.4 is 14.8 Å². The highest BCUT2D eigenvalue weighted by Gasteiger charge is 2.21. The summed E-state index contributed by atoms with van der Waals surface area (Å²) in [6.07, 6.45) is 0. The Hall–Kier alpha value is -3.09. The first-order chi connectivity index (χ1) is 12.4. The summed E-state index contributed by atoms with van der Waals surface area (Å²) < 4.78 is 12.5. The van der Waals surface area contributed by atoms with Crippen molar-refractivity contribution < 1.29 is 14.3 Å². The number of nitrogens with one attached hydrogen (secondary N) is 1. The van der Waals surface area contributed by atoms with Crippen LogP contribution in [0, 0.1) is 13.8 Å². The number of aromatic nitrogens is 3. The topological polar surface area (TPSA) is 78.3 Å². The van der Waals surface area contributed by atoms with E-state index in [1.54, 1.807) is 10.7 Å². The number of amides is 1. The van der Waals surface area contributed by atoms with Crippen LogP contribution in [-0.4, -0.2) is 27.5 Å². The molecule has 0 saturated heterocycles. The zero-order valence-electron chi connectivity index (χ0n) is 15.2. The summed E-state index contributed by atoms with van der Waals surface area (Å²) in [6, 6.07) is 7.31. The number of benzene rings is 1. The summed E-state index contributed by atoms with van der Waals surface area (Å²) in [5.74, 6) is 1.28. The normalized spacial score (nSPS) is 13.8. The van der Waals surface area contributed by atoms with Crippen LogP contribution >= 0.6 is 0 Å². The van der Waals surface area contributed by atoms with Crippen molar-refractivity contribution in [3.05, 3.63) is 46.8 Å². The predicted molar refractivity (Wildman–Crippen MR) is 96.4 cm³/mol. The molecule has 0 fully saturated rings. The zero-order chi connectivity index (χ0) is 18.4. The Balaban J connectivity index is 1.65. The molecule has 7 nitrogen and oxygen atoms in total. The third kappa shape index (κ3) is 2.65. The van der Waals surface area contributed by atoms with Gasteiger partial charge in [0.1, 0.15) is 0 Å². The highest BCUT2D eigenvalue weighted by atomic mass is 16.7. The maximum atomic E-state index is 13.0. The fourth-order valence-corrected chi connectivity index (χ4v) is 3.29. The minimum Gasteiger partial charge on any atom is -0.454 e. The Kier molecular flexibility index (Phi) is 3.79. The Labute approximate surface area is 150 Å². The van der Waals surface area contributed by atoms with Crippen molar-refractivity contribution in [3.63, 3.8) is 0 Å². The lowest BCUT2D eigenvalue weighted by Crippen LogP contribution is -2.27. The number of carbonyl (C=O) groups excluding carboxylic acids is 1. The quantitative estimate of drug-likeness (QED) is 0.784. The van der Waals surface area contributed by atoms with Gasteiger partial charge in [-0.15, -0.1) is 0 Å². The van der Waals surface area contributed by atoms with E-state index in [0.29, 0.717) is 17.0 Å². The summed E-state index contributed by atoms with van der Waals surface area (Å²) in [7, 11) is 1.83. The molecule has 0 bridgehead atoms. The van der Waals surface area contributed by atoms with Gasteiger partial charge in [0, 0.05) is 12.7 Å². The van der Waals surface area contributed by atoms with Gasteiger partial charge < -0.3 is 14.8 Å². The SMILES string of the molecule is Cc1cc(C(=O)N[C@H](C)c2ccc3c(c2)OCO3)c2c(C)nn(C)c2n1. The average Bonchev–Trinajstić information content (AvgIpc) is 3.18. The number of pyridine rings is 1. The number of rotatable bonds is 3. The van der Waals surface area contributed by atoms with Gasteiger partial charge in [0.25, 0.3) is 5.91 Å². The molecule has 7 heteroatoms. The lowest BCUT2D eigenvalue weighted by Gasteiger charge is -2.15. The van der Waals surface area contributed by atoms with Crippen molar-refractivity contribution in [1.82, 2.24) is 20.1 Å². The smallest absolute Gasteiger partial charge is 0.252 e. The molecular formula is C19H20N4O3. The second-order valence-electron chi connectivity index (χ2n) is 6.53. The first kappa shape index (κ1) is 16.4. The second kappa shape index (κ2) is 6.01. The van der Waals surface area contributed by atoms with Crippen LogP contribution in [0.4, 0.5) is 0 Å². The summed E-state index contributed by atoms with van der Waals surface area (Å²) in [6.45, 7) is 5.93. The molecule has 0 aliphatic carbocycles. The largest absolute Gasteiger partial charge is 0.454 e. The van der Waals surface area contributed by atoms with Crippen molar-refractivity contribution in [1.29, 1.82) is 0 Å². The van der Waals surface area contributed by atoms with Crippen LogP contribution in [0.5, 0.6) is 11.5 Å². The third-order valence-corrected chi connectivity index (χ3v) is 4.59. The van der Waals surface area contributed by atoms with Gasteiger partial charge in [-0.05, 0) is 44.5 Å². The molecule has 2 aromatic heterocycles. The van der Waals surface area contributed by atoms with E-state index in [0.717, 1.165) is 28.1 Å². The molecule has 3 heterocycles. The number of nitrogens with zero attached hydrogens (tertiary/aromatic N) is 3. The fraction of sp³-hybridized carbons (Fsp3) is 0.316. The van der Waals surface area contributed by atoms with Crippen LogP contribution in [0.2, 0.25) is 0 Å². The van der Waals surface area contributed by atoms with Gasteiger partial charge in [-0.25, -0.2) is 4.98 Å². The monoisotopic (exact) mass is 352 g/mol. The minimum absolute atomic E-state index is 0.151. The second-order valence-corrected chi connectivity index (χ2v) is 6.53. The molecule has 1 atom stereocenters. The van der Waals surface area contributed by atoms with Crippen molar-refractivity contribution in [2.24, 2.45) is 7.05 Å². The van der Waals surface area contributed by atoms with Crippen LogP contribution in [0.15, 0.2) is 24.3 Å². The average molecular weight is 352 g/mol. The Morgan fingerprint density at radius 2 is 2.00 bits per heavy atom. The Bertz CT molecular complexity index is 1030. The van der Waals surface area contributed by atoms with Gasteiger partial charge in [-0.3, -0.25) is 9.48 Å². The maximum absolute atomic E-state index is 13.0. The number of hydrogen-bond donors (Lipinski definition) is 1. The van der Waals surface area contributed by atoms with Gasteiger partial charge in [0.15, 0.2) is 17.1 Å². The van der Waals surface area contributed by atoms with Gasteiger partial charge in [0.2, 0.25) is 6.79 Å². The van der Waals surface area contributed by atoms with Crippen molar-refractivity contribution in [2.45, 2.75) is 26.8 Å². The molecule has 0 spiro atoms. The Morgan fingerprint density at radius 1 is 1.23 bits per heavy atom. The number of fused-ring (bicyclic) bond motifs is 2. The van der Waals surface area contributed by atoms with Crippen LogP contribution in [0.25, 0.3) is 11.0 Å². The van der Waals surface area contributed by atoms with Crippen LogP contribution in [0.3, 0.4) is 0 Å². The zero-order valence-corrected chi connectivity index (χ0v) is 15.2. The van der Waals surface area contributed by atoms with E-state index in [1.807, 2.05) is 46.0 Å². The van der Waals surface area contributed by atoms with Crippen LogP contribution in [-0.2, 0) is 7.05 Å². The number of carbonyl (C=O) groups is 1. The summed E-state index contributed by atoms with van der Waals surface area (Å²) in [5, 5.41) is 8.24. The predicted octanol–water partition coefficient (Wildman–Crippen LogP) is 2.80. The fourth-order valence-electron chi connectivity index (χ4n) is 3.29. The van der Waals surface area contributed by atoms with Crippen molar-refractivity contribution in [2.75, 3.05) is 6.79 Å². The van der Waals surface area contributed by atoms with Gasteiger partial charge in [0.05, 0.1) is 22.7 Å². The highest BCUT2D eigenvalue weighted by Crippen LogP contribution is 2.34. The van der Waals surface area contributed by atoms with Gasteiger partial charge in [-0.1, -0.05) is 6.07 Å². The van der Waals surface area contributed by atoms with E-state index in [-0.39, 0.29) is 18.7 Å². The number of hydrogen-bond acceptors (Lipinski definition) is 5. The standard InChI is InChI=1S/C19H20N4O3/c1-10-7-14(17-12(3)22-23(4)18(17)20-10)19(24)21-11(2)13-5-6-15-16(8-13)26-9-25-15/h5-8,11H,9H2,1-4H3,(H,21,24)/t11-/m1/s1. The van der Waals surface area contributed by atoms with Crippen LogP contribution in [0.1, 0.15) is 40.3 Å². The molecular weight excluding hydrogens is 332 g/mol. The molecule has 0 unspecified atom stereocenters. The molecule has 26 heavy (non-hydrogen) atoms. The first-order valence-corrected chi connectivity index (χ1v) is 8.45. The Morgan fingerprint density at radius 3 is 2.81 bits per heavy atom. The van der Waals surface area contributed by atoms with E-state index < -0.39 is 0 Å². The number of aryl methyl sites for hydroxylation is 3. The molecule has 1 N–H and O–H groups in total. The van der Waals surface area contributed by atoms with Crippen molar-refractivity contribution >= 4 is 16.9 Å². The van der Waals surface area contributed by atoms with E-state index >= 15 is 0 Å². The van der Waals surface area contributed by atoms with E-state index in [1.165, 1.54) is 0 Å². The summed E-state index contributed by atoms with van der Waals surface area (Å²) in [4.78, 5) is 17.5. The molecule has 1 aromatic carbocycles. The highest BCUT2D eigenvalue weighted by molar-refractivity contribution is 6.06. The maximum Gasteiger partial charge on any atom is 0.252 e.